The van der Waals surface area contributed by atoms with Crippen LogP contribution >= 0.6 is 0 Å². The number of hydrogen-bond acceptors (Lipinski definition) is 1. The molecule has 2 aromatic heterocycles. The Kier molecular flexibility index (Phi) is 4.24. The van der Waals surface area contributed by atoms with Gasteiger partial charge < -0.3 is 4.74 Å². The smallest absolute Gasteiger partial charge is 0.244 e. The van der Waals surface area contributed by atoms with Crippen LogP contribution in [0, 0.1) is 0 Å². The van der Waals surface area contributed by atoms with Crippen LogP contribution in [0.3, 0.4) is 0 Å². The maximum absolute atomic E-state index is 5.90. The zero-order valence-corrected chi connectivity index (χ0v) is 14.8. The molecule has 0 saturated heterocycles. The van der Waals surface area contributed by atoms with Crippen LogP contribution in [0.4, 0.5) is 0 Å². The zero-order chi connectivity index (χ0) is 17.2. The molecule has 0 saturated carbocycles. The molecule has 4 aromatic rings. The van der Waals surface area contributed by atoms with Crippen LogP contribution < -0.4 is 9.13 Å². The Morgan fingerprint density at radius 3 is 1.64 bits per heavy atom. The van der Waals surface area contributed by atoms with Crippen molar-refractivity contribution in [1.82, 2.24) is 9.13 Å². The second-order valence-electron chi connectivity index (χ2n) is 6.43. The minimum atomic E-state index is 0.712. The molecule has 2 aromatic carbocycles. The van der Waals surface area contributed by atoms with E-state index in [0.29, 0.717) is 13.2 Å². The minimum absolute atomic E-state index is 0.712. The summed E-state index contributed by atoms with van der Waals surface area (Å²) >= 11 is 0. The average molecular weight is 336 g/mol. The Hall–Kier alpha value is -2.66. The van der Waals surface area contributed by atoms with E-state index in [-0.39, 0.29) is 0 Å². The van der Waals surface area contributed by atoms with E-state index in [1.807, 2.05) is 0 Å². The van der Waals surface area contributed by atoms with Crippen molar-refractivity contribution in [2.45, 2.75) is 13.1 Å². The van der Waals surface area contributed by atoms with Gasteiger partial charge in [-0.15, -0.1) is 0 Å². The summed E-state index contributed by atoms with van der Waals surface area (Å²) in [4.78, 5) is 0. The first kappa shape index (κ1) is 15.8. The molecule has 0 atom stereocenters. The third kappa shape index (κ3) is 3.03. The highest BCUT2D eigenvalue weighted by atomic mass is 16.5. The van der Waals surface area contributed by atoms with Crippen molar-refractivity contribution >= 4 is 22.1 Å². The lowest BCUT2D eigenvalue weighted by Gasteiger charge is -2.02. The molecule has 0 fully saturated rings. The largest absolute Gasteiger partial charge is 0.373 e. The van der Waals surface area contributed by atoms with Gasteiger partial charge in [-0.3, -0.25) is 0 Å². The first-order valence-electron chi connectivity index (χ1n) is 8.69. The minimum Gasteiger partial charge on any atom is -0.373 e. The fraction of sp³-hybridized carbons (Fsp3) is 0.300. The fourth-order valence-corrected chi connectivity index (χ4v) is 3.46. The van der Waals surface area contributed by atoms with E-state index in [4.69, 9.17) is 4.74 Å². The molecule has 0 aliphatic rings. The zero-order valence-electron chi connectivity index (χ0n) is 14.8. The SMILES string of the molecule is C[n+]1cn(CCOCCn2c[n+](C)c3ccccc32)c2ccccc21. The second-order valence-corrected chi connectivity index (χ2v) is 6.43. The maximum Gasteiger partial charge on any atom is 0.244 e. The van der Waals surface area contributed by atoms with Gasteiger partial charge in [-0.05, 0) is 24.3 Å². The van der Waals surface area contributed by atoms with Crippen LogP contribution in [-0.2, 0) is 31.9 Å². The molecular formula is C20H24N4O+2. The monoisotopic (exact) mass is 336 g/mol. The standard InChI is InChI=1S/C20H24N4O/c1-21-15-23(19-9-5-3-7-17(19)21)11-13-25-14-12-24-16-22(2)18-8-4-6-10-20(18)24/h3-10,15-16H,11-14H2,1-2H3/q+2. The lowest BCUT2D eigenvalue weighted by molar-refractivity contribution is -0.645. The molecule has 5 heteroatoms. The molecule has 2 heterocycles. The van der Waals surface area contributed by atoms with Gasteiger partial charge in [0.15, 0.2) is 22.1 Å². The highest BCUT2D eigenvalue weighted by molar-refractivity contribution is 5.72. The molecule has 0 N–H and O–H groups in total. The van der Waals surface area contributed by atoms with Crippen LogP contribution in [0.5, 0.6) is 0 Å². The van der Waals surface area contributed by atoms with E-state index in [2.05, 4.69) is 93.5 Å². The van der Waals surface area contributed by atoms with Crippen molar-refractivity contribution in [2.75, 3.05) is 13.2 Å². The summed E-state index contributed by atoms with van der Waals surface area (Å²) in [5, 5.41) is 0. The number of aromatic nitrogens is 4. The Labute approximate surface area is 147 Å². The Morgan fingerprint density at radius 1 is 0.720 bits per heavy atom. The summed E-state index contributed by atoms with van der Waals surface area (Å²) in [6.07, 6.45) is 4.26. The molecule has 0 unspecified atom stereocenters. The first-order chi connectivity index (χ1) is 12.2. The molecule has 0 bridgehead atoms. The predicted octanol–water partition coefficient (Wildman–Crippen LogP) is 1.96. The summed E-state index contributed by atoms with van der Waals surface area (Å²) in [6.45, 7) is 3.15. The van der Waals surface area contributed by atoms with Crippen LogP contribution in [-0.4, -0.2) is 22.3 Å². The number of para-hydroxylation sites is 4. The van der Waals surface area contributed by atoms with Crippen molar-refractivity contribution in [3.8, 4) is 0 Å². The number of benzene rings is 2. The molecule has 4 rings (SSSR count). The third-order valence-corrected chi connectivity index (χ3v) is 4.72. The number of rotatable bonds is 6. The summed E-state index contributed by atoms with van der Waals surface area (Å²) in [5.74, 6) is 0. The highest BCUT2D eigenvalue weighted by Crippen LogP contribution is 2.11. The van der Waals surface area contributed by atoms with Crippen LogP contribution in [0.1, 0.15) is 0 Å². The van der Waals surface area contributed by atoms with Gasteiger partial charge >= 0.3 is 0 Å². The molecule has 0 aliphatic carbocycles. The lowest BCUT2D eigenvalue weighted by atomic mass is 10.3. The van der Waals surface area contributed by atoms with Crippen LogP contribution in [0.15, 0.2) is 61.2 Å². The third-order valence-electron chi connectivity index (χ3n) is 4.72. The normalized spacial score (nSPS) is 11.6. The molecular weight excluding hydrogens is 312 g/mol. The Bertz CT molecular complexity index is 933. The molecule has 5 nitrogen and oxygen atoms in total. The highest BCUT2D eigenvalue weighted by Gasteiger charge is 2.13. The van der Waals surface area contributed by atoms with Gasteiger partial charge in [0.05, 0.1) is 27.3 Å². The van der Waals surface area contributed by atoms with E-state index in [9.17, 15) is 0 Å². The number of hydrogen-bond donors (Lipinski definition) is 0. The summed E-state index contributed by atoms with van der Waals surface area (Å²) in [6, 6.07) is 16.9. The van der Waals surface area contributed by atoms with Gasteiger partial charge in [-0.2, -0.15) is 0 Å². The van der Waals surface area contributed by atoms with Gasteiger partial charge in [0.1, 0.15) is 13.1 Å². The van der Waals surface area contributed by atoms with Gasteiger partial charge in [0, 0.05) is 0 Å². The van der Waals surface area contributed by atoms with E-state index in [1.165, 1.54) is 22.1 Å². The number of nitrogens with zero attached hydrogens (tertiary/aromatic N) is 4. The number of aryl methyl sites for hydroxylation is 2. The van der Waals surface area contributed by atoms with Gasteiger partial charge in [0.2, 0.25) is 12.7 Å². The molecule has 128 valence electrons. The van der Waals surface area contributed by atoms with E-state index >= 15 is 0 Å². The van der Waals surface area contributed by atoms with E-state index in [0.717, 1.165) is 13.1 Å². The first-order valence-corrected chi connectivity index (χ1v) is 8.69. The van der Waals surface area contributed by atoms with Crippen molar-refractivity contribution < 1.29 is 13.9 Å². The van der Waals surface area contributed by atoms with Crippen molar-refractivity contribution in [2.24, 2.45) is 14.1 Å². The topological polar surface area (TPSA) is 26.8 Å². The Morgan fingerprint density at radius 2 is 1.16 bits per heavy atom. The lowest BCUT2D eigenvalue weighted by Crippen LogP contribution is -2.25. The number of fused-ring (bicyclic) bond motifs is 2. The predicted molar refractivity (Wildman–Crippen MR) is 97.0 cm³/mol. The molecule has 0 amide bonds. The fourth-order valence-electron chi connectivity index (χ4n) is 3.46. The van der Waals surface area contributed by atoms with Crippen molar-refractivity contribution in [3.63, 3.8) is 0 Å². The summed E-state index contributed by atoms with van der Waals surface area (Å²) in [7, 11) is 4.16. The number of ether oxygens (including phenoxy) is 1. The molecule has 0 spiro atoms. The average Bonchev–Trinajstić information content (AvgIpc) is 3.13. The van der Waals surface area contributed by atoms with Crippen molar-refractivity contribution in [3.05, 3.63) is 61.2 Å². The van der Waals surface area contributed by atoms with Gasteiger partial charge in [-0.25, -0.2) is 18.3 Å². The molecule has 0 aliphatic heterocycles. The molecule has 0 radical (unpaired) electrons. The Balaban J connectivity index is 1.35. The quantitative estimate of drug-likeness (QED) is 0.391. The van der Waals surface area contributed by atoms with E-state index < -0.39 is 0 Å². The maximum atomic E-state index is 5.90. The van der Waals surface area contributed by atoms with E-state index in [1.54, 1.807) is 0 Å². The van der Waals surface area contributed by atoms with Crippen LogP contribution in [0.2, 0.25) is 0 Å². The van der Waals surface area contributed by atoms with Gasteiger partial charge in [0.25, 0.3) is 0 Å². The van der Waals surface area contributed by atoms with Crippen LogP contribution in [0.25, 0.3) is 22.1 Å². The summed E-state index contributed by atoms with van der Waals surface area (Å²) in [5.41, 5.74) is 4.98. The van der Waals surface area contributed by atoms with Crippen molar-refractivity contribution in [1.29, 1.82) is 0 Å². The summed E-state index contributed by atoms with van der Waals surface area (Å²) < 4.78 is 14.7. The number of imidazole rings is 2. The molecule has 25 heavy (non-hydrogen) atoms. The van der Waals surface area contributed by atoms with Gasteiger partial charge in [-0.1, -0.05) is 24.3 Å². The second kappa shape index (κ2) is 6.69.